The second kappa shape index (κ2) is 5.28. The van der Waals surface area contributed by atoms with Gasteiger partial charge in [0.15, 0.2) is 0 Å². The monoisotopic (exact) mass is 316 g/mol. The Kier molecular flexibility index (Phi) is 3.89. The van der Waals surface area contributed by atoms with Gasteiger partial charge in [0.1, 0.15) is 0 Å². The molecule has 0 aliphatic heterocycles. The van der Waals surface area contributed by atoms with Crippen LogP contribution in [0, 0.1) is 0 Å². The Morgan fingerprint density at radius 3 is 2.26 bits per heavy atom. The summed E-state index contributed by atoms with van der Waals surface area (Å²) in [6, 6.07) is 10.4. The summed E-state index contributed by atoms with van der Waals surface area (Å²) < 4.78 is 26.6. The van der Waals surface area contributed by atoms with Crippen molar-refractivity contribution in [1.82, 2.24) is 0 Å². The van der Waals surface area contributed by atoms with Crippen molar-refractivity contribution >= 4 is 44.6 Å². The molecule has 0 aliphatic rings. The summed E-state index contributed by atoms with van der Waals surface area (Å²) in [5, 5.41) is 0.729. The van der Waals surface area contributed by atoms with Gasteiger partial charge in [0, 0.05) is 10.7 Å². The lowest BCUT2D eigenvalue weighted by Gasteiger charge is -2.10. The van der Waals surface area contributed by atoms with Crippen LogP contribution in [-0.2, 0) is 10.0 Å². The quantitative estimate of drug-likeness (QED) is 0.853. The van der Waals surface area contributed by atoms with E-state index >= 15 is 0 Å². The molecule has 4 nitrogen and oxygen atoms in total. The second-order valence-electron chi connectivity index (χ2n) is 3.80. The number of nitrogen functional groups attached to an aromatic ring is 1. The minimum Gasteiger partial charge on any atom is -0.399 e. The van der Waals surface area contributed by atoms with Gasteiger partial charge >= 0.3 is 0 Å². The van der Waals surface area contributed by atoms with Crippen molar-refractivity contribution in [2.45, 2.75) is 4.90 Å². The van der Waals surface area contributed by atoms with Crippen LogP contribution in [0.4, 0.5) is 11.4 Å². The predicted octanol–water partition coefficient (Wildman–Crippen LogP) is 3.38. The Balaban J connectivity index is 2.36. The Bertz CT molecular complexity index is 700. The van der Waals surface area contributed by atoms with Crippen LogP contribution in [-0.4, -0.2) is 8.42 Å². The molecule has 0 saturated heterocycles. The van der Waals surface area contributed by atoms with Gasteiger partial charge in [-0.15, -0.1) is 0 Å². The first-order valence-electron chi connectivity index (χ1n) is 5.22. The van der Waals surface area contributed by atoms with E-state index in [9.17, 15) is 8.42 Å². The highest BCUT2D eigenvalue weighted by Crippen LogP contribution is 2.27. The molecule has 0 heterocycles. The van der Waals surface area contributed by atoms with E-state index in [1.54, 1.807) is 6.07 Å². The molecule has 0 spiro atoms. The first kappa shape index (κ1) is 14.0. The molecular weight excluding hydrogens is 307 g/mol. The van der Waals surface area contributed by atoms with Crippen LogP contribution in [0.3, 0.4) is 0 Å². The largest absolute Gasteiger partial charge is 0.399 e. The van der Waals surface area contributed by atoms with Gasteiger partial charge in [0.2, 0.25) is 0 Å². The first-order chi connectivity index (χ1) is 8.88. The number of halogens is 2. The average molecular weight is 317 g/mol. The van der Waals surface area contributed by atoms with Gasteiger partial charge in [-0.1, -0.05) is 23.2 Å². The molecule has 100 valence electrons. The minimum absolute atomic E-state index is 0.0930. The second-order valence-corrected chi connectivity index (χ2v) is 6.32. The molecule has 2 rings (SSSR count). The van der Waals surface area contributed by atoms with Crippen molar-refractivity contribution in [3.8, 4) is 0 Å². The summed E-state index contributed by atoms with van der Waals surface area (Å²) in [6.45, 7) is 0. The number of benzene rings is 2. The van der Waals surface area contributed by atoms with Crippen molar-refractivity contribution in [2.24, 2.45) is 0 Å². The highest BCUT2D eigenvalue weighted by Gasteiger charge is 2.15. The number of nitrogens with one attached hydrogen (secondary N) is 1. The highest BCUT2D eigenvalue weighted by molar-refractivity contribution is 7.92. The number of sulfonamides is 1. The Morgan fingerprint density at radius 2 is 1.63 bits per heavy atom. The van der Waals surface area contributed by atoms with Crippen molar-refractivity contribution < 1.29 is 8.42 Å². The molecule has 0 fully saturated rings. The zero-order chi connectivity index (χ0) is 14.0. The molecule has 7 heteroatoms. The van der Waals surface area contributed by atoms with Crippen molar-refractivity contribution in [1.29, 1.82) is 0 Å². The third-order valence-corrected chi connectivity index (χ3v) is 4.32. The first-order valence-corrected chi connectivity index (χ1v) is 7.46. The van der Waals surface area contributed by atoms with Gasteiger partial charge in [-0.3, -0.25) is 4.72 Å². The van der Waals surface area contributed by atoms with E-state index in [4.69, 9.17) is 28.9 Å². The maximum atomic E-state index is 12.1. The molecule has 0 unspecified atom stereocenters. The summed E-state index contributed by atoms with van der Waals surface area (Å²) in [5.74, 6) is 0. The number of hydrogen-bond donors (Lipinski definition) is 2. The summed E-state index contributed by atoms with van der Waals surface area (Å²) in [4.78, 5) is 0.0930. The van der Waals surface area contributed by atoms with Crippen LogP contribution in [0.2, 0.25) is 10.0 Å². The third kappa shape index (κ3) is 3.32. The molecule has 0 bridgehead atoms. The average Bonchev–Trinajstić information content (AvgIpc) is 2.34. The highest BCUT2D eigenvalue weighted by atomic mass is 35.5. The van der Waals surface area contributed by atoms with Gasteiger partial charge < -0.3 is 5.73 Å². The minimum atomic E-state index is -3.72. The van der Waals surface area contributed by atoms with Crippen LogP contribution >= 0.6 is 23.2 Å². The van der Waals surface area contributed by atoms with E-state index in [-0.39, 0.29) is 15.6 Å². The fourth-order valence-corrected chi connectivity index (χ4v) is 2.86. The maximum absolute atomic E-state index is 12.1. The van der Waals surface area contributed by atoms with Crippen molar-refractivity contribution in [2.75, 3.05) is 10.5 Å². The SMILES string of the molecule is Nc1ccc(Cl)c(NS(=O)(=O)c2ccc(Cl)cc2)c1. The van der Waals surface area contributed by atoms with E-state index in [0.29, 0.717) is 10.7 Å². The lowest BCUT2D eigenvalue weighted by atomic mass is 10.3. The number of hydrogen-bond acceptors (Lipinski definition) is 3. The van der Waals surface area contributed by atoms with Gasteiger partial charge in [-0.2, -0.15) is 0 Å². The third-order valence-electron chi connectivity index (χ3n) is 2.36. The van der Waals surface area contributed by atoms with E-state index in [2.05, 4.69) is 4.72 Å². The maximum Gasteiger partial charge on any atom is 0.261 e. The van der Waals surface area contributed by atoms with Crippen LogP contribution in [0.1, 0.15) is 0 Å². The molecule has 2 aromatic rings. The number of rotatable bonds is 3. The standard InChI is InChI=1S/C12H10Cl2N2O2S/c13-8-1-4-10(5-2-8)19(17,18)16-12-7-9(15)3-6-11(12)14/h1-7,16H,15H2. The molecular formula is C12H10Cl2N2O2S. The topological polar surface area (TPSA) is 72.2 Å². The Labute approximate surface area is 121 Å². The molecule has 2 aromatic carbocycles. The van der Waals surface area contributed by atoms with Gasteiger partial charge in [-0.05, 0) is 42.5 Å². The fraction of sp³-hybridized carbons (Fsp3) is 0. The lowest BCUT2D eigenvalue weighted by molar-refractivity contribution is 0.601. The van der Waals surface area contributed by atoms with E-state index in [1.807, 2.05) is 0 Å². The van der Waals surface area contributed by atoms with Gasteiger partial charge in [0.25, 0.3) is 10.0 Å². The van der Waals surface area contributed by atoms with Crippen molar-refractivity contribution in [3.63, 3.8) is 0 Å². The van der Waals surface area contributed by atoms with E-state index in [1.165, 1.54) is 36.4 Å². The molecule has 0 aliphatic carbocycles. The predicted molar refractivity (Wildman–Crippen MR) is 78.1 cm³/mol. The summed E-state index contributed by atoms with van der Waals surface area (Å²) in [5.41, 5.74) is 6.24. The van der Waals surface area contributed by atoms with Crippen LogP contribution in [0.25, 0.3) is 0 Å². The van der Waals surface area contributed by atoms with Gasteiger partial charge in [0.05, 0.1) is 15.6 Å². The van der Waals surface area contributed by atoms with E-state index < -0.39 is 10.0 Å². The van der Waals surface area contributed by atoms with Crippen LogP contribution < -0.4 is 10.5 Å². The molecule has 0 amide bonds. The van der Waals surface area contributed by atoms with E-state index in [0.717, 1.165) is 0 Å². The molecule has 3 N–H and O–H groups in total. The summed E-state index contributed by atoms with van der Waals surface area (Å²) in [7, 11) is -3.72. The number of anilines is 2. The fourth-order valence-electron chi connectivity index (χ4n) is 1.44. The summed E-state index contributed by atoms with van der Waals surface area (Å²) in [6.07, 6.45) is 0. The Hall–Kier alpha value is -1.43. The van der Waals surface area contributed by atoms with Crippen molar-refractivity contribution in [3.05, 3.63) is 52.5 Å². The normalized spacial score (nSPS) is 11.3. The lowest BCUT2D eigenvalue weighted by Crippen LogP contribution is -2.13. The molecule has 0 radical (unpaired) electrons. The van der Waals surface area contributed by atoms with Gasteiger partial charge in [-0.25, -0.2) is 8.42 Å². The van der Waals surface area contributed by atoms with Crippen LogP contribution in [0.15, 0.2) is 47.4 Å². The zero-order valence-corrected chi connectivity index (χ0v) is 11.9. The zero-order valence-electron chi connectivity index (χ0n) is 9.60. The molecule has 0 saturated carbocycles. The van der Waals surface area contributed by atoms with Crippen LogP contribution in [0.5, 0.6) is 0 Å². The molecule has 0 atom stereocenters. The number of nitrogens with two attached hydrogens (primary N) is 1. The Morgan fingerprint density at radius 1 is 1.00 bits per heavy atom. The molecule has 0 aromatic heterocycles. The summed E-state index contributed by atoms with van der Waals surface area (Å²) >= 11 is 11.6. The molecule has 19 heavy (non-hydrogen) atoms. The smallest absolute Gasteiger partial charge is 0.261 e.